The summed E-state index contributed by atoms with van der Waals surface area (Å²) in [6.07, 6.45) is 0. The van der Waals surface area contributed by atoms with Gasteiger partial charge in [0.15, 0.2) is 0 Å². The van der Waals surface area contributed by atoms with Gasteiger partial charge in [-0.2, -0.15) is 25.6 Å². The predicted molar refractivity (Wildman–Crippen MR) is 29.8 cm³/mol. The molecule has 0 N–H and O–H groups in total. The molecule has 0 saturated carbocycles. The Kier molecular flexibility index (Phi) is 2.10. The van der Waals surface area contributed by atoms with Crippen LogP contribution in [0.5, 0.6) is 0 Å². The molecule has 0 aromatic heterocycles. The second-order valence-electron chi connectivity index (χ2n) is 1.73. The summed E-state index contributed by atoms with van der Waals surface area (Å²) in [6.45, 7) is 0. The van der Waals surface area contributed by atoms with Crippen LogP contribution in [-0.2, 0) is 28.6 Å². The monoisotopic (exact) mass is 224 g/mol. The van der Waals surface area contributed by atoms with E-state index in [2.05, 4.69) is 8.37 Å². The first kappa shape index (κ1) is 9.77. The van der Waals surface area contributed by atoms with E-state index in [4.69, 9.17) is 0 Å². The highest BCUT2D eigenvalue weighted by Crippen LogP contribution is 2.24. The lowest BCUT2D eigenvalue weighted by molar-refractivity contribution is 0.0489. The van der Waals surface area contributed by atoms with E-state index < -0.39 is 31.6 Å². The van der Waals surface area contributed by atoms with Crippen LogP contribution in [0.3, 0.4) is 0 Å². The molecule has 1 fully saturated rings. The van der Waals surface area contributed by atoms with Gasteiger partial charge in [0, 0.05) is 0 Å². The smallest absolute Gasteiger partial charge is 0.211 e. The molecule has 12 heavy (non-hydrogen) atoms. The Morgan fingerprint density at radius 1 is 0.833 bits per heavy atom. The highest BCUT2D eigenvalue weighted by molar-refractivity contribution is 7.92. The quantitative estimate of drug-likeness (QED) is 0.500. The minimum absolute atomic E-state index is 3.20. The highest BCUT2D eigenvalue weighted by Gasteiger charge is 2.47. The molecule has 0 amide bonds. The van der Waals surface area contributed by atoms with Gasteiger partial charge < -0.3 is 0 Å². The Balaban J connectivity index is 3.07. The van der Waals surface area contributed by atoms with Crippen molar-refractivity contribution in [3.05, 3.63) is 0 Å². The Hall–Kier alpha value is -0.320. The maximum atomic E-state index is 12.1. The van der Waals surface area contributed by atoms with Crippen molar-refractivity contribution in [3.63, 3.8) is 0 Å². The minimum Gasteiger partial charge on any atom is -0.211 e. The largest absolute Gasteiger partial charge is 0.340 e. The molecule has 0 radical (unpaired) electrons. The summed E-state index contributed by atoms with van der Waals surface area (Å²) in [7, 11) is -9.85. The summed E-state index contributed by atoms with van der Waals surface area (Å²) >= 11 is 0. The number of rotatable bonds is 0. The average Bonchev–Trinajstić information content (AvgIpc) is 1.82. The Morgan fingerprint density at radius 2 is 1.08 bits per heavy atom. The normalized spacial score (nSPS) is 39.2. The molecule has 2 unspecified atom stereocenters. The first-order chi connectivity index (χ1) is 5.26. The molecule has 72 valence electrons. The Bertz CT molecular complexity index is 330. The van der Waals surface area contributed by atoms with Crippen LogP contribution in [0, 0.1) is 0 Å². The van der Waals surface area contributed by atoms with Crippen molar-refractivity contribution in [2.24, 2.45) is 0 Å². The fraction of sp³-hybridized carbons (Fsp3) is 1.00. The second kappa shape index (κ2) is 2.58. The fourth-order valence-electron chi connectivity index (χ4n) is 0.394. The molecule has 6 nitrogen and oxygen atoms in total. The van der Waals surface area contributed by atoms with Crippen LogP contribution < -0.4 is 0 Å². The van der Waals surface area contributed by atoms with Crippen molar-refractivity contribution < 1.29 is 34.0 Å². The van der Waals surface area contributed by atoms with Gasteiger partial charge in [-0.25, -0.2) is 8.37 Å². The predicted octanol–water partition coefficient (Wildman–Crippen LogP) is -0.801. The van der Waals surface area contributed by atoms with Crippen LogP contribution in [0.25, 0.3) is 0 Å². The molecule has 10 heteroatoms. The summed E-state index contributed by atoms with van der Waals surface area (Å²) in [5, 5.41) is 0. The Morgan fingerprint density at radius 3 is 1.33 bits per heavy atom. The van der Waals surface area contributed by atoms with Gasteiger partial charge in [-0.05, 0) is 0 Å². The summed E-state index contributed by atoms with van der Waals surface area (Å²) in [6, 6.07) is 0. The third kappa shape index (κ3) is 1.55. The SMILES string of the molecule is O=S1(=O)OC(F)S(=O)(=O)OC1F. The van der Waals surface area contributed by atoms with Crippen LogP contribution in [0.2, 0.25) is 0 Å². The molecule has 0 aromatic carbocycles. The van der Waals surface area contributed by atoms with E-state index in [0.717, 1.165) is 0 Å². The first-order valence-electron chi connectivity index (χ1n) is 2.38. The van der Waals surface area contributed by atoms with Crippen molar-refractivity contribution >= 4 is 20.2 Å². The van der Waals surface area contributed by atoms with Crippen LogP contribution in [-0.4, -0.2) is 28.2 Å². The van der Waals surface area contributed by atoms with Gasteiger partial charge in [-0.3, -0.25) is 0 Å². The molecule has 1 aliphatic heterocycles. The van der Waals surface area contributed by atoms with E-state index in [9.17, 15) is 25.6 Å². The molecule has 2 atom stereocenters. The molecule has 0 aromatic rings. The van der Waals surface area contributed by atoms with E-state index in [-0.39, 0.29) is 0 Å². The van der Waals surface area contributed by atoms with Crippen molar-refractivity contribution in [2.45, 2.75) is 11.4 Å². The van der Waals surface area contributed by atoms with Gasteiger partial charge in [0.25, 0.3) is 0 Å². The zero-order valence-corrected chi connectivity index (χ0v) is 6.81. The zero-order chi connectivity index (χ0) is 9.57. The molecule has 1 aliphatic rings. The maximum absolute atomic E-state index is 12.1. The van der Waals surface area contributed by atoms with Crippen LogP contribution in [0.15, 0.2) is 0 Å². The van der Waals surface area contributed by atoms with Gasteiger partial charge >= 0.3 is 31.6 Å². The third-order valence-electron chi connectivity index (χ3n) is 0.873. The van der Waals surface area contributed by atoms with Crippen molar-refractivity contribution in [1.82, 2.24) is 0 Å². The van der Waals surface area contributed by atoms with Crippen LogP contribution >= 0.6 is 0 Å². The molecule has 0 aliphatic carbocycles. The van der Waals surface area contributed by atoms with E-state index in [1.807, 2.05) is 0 Å². The van der Waals surface area contributed by atoms with E-state index in [1.165, 1.54) is 0 Å². The number of halogens is 2. The topological polar surface area (TPSA) is 86.7 Å². The summed E-state index contributed by atoms with van der Waals surface area (Å²) in [4.78, 5) is 0. The summed E-state index contributed by atoms with van der Waals surface area (Å²) in [5.41, 5.74) is -6.40. The van der Waals surface area contributed by atoms with Crippen LogP contribution in [0.1, 0.15) is 0 Å². The van der Waals surface area contributed by atoms with Gasteiger partial charge in [0.05, 0.1) is 0 Å². The molecule has 0 bridgehead atoms. The fourth-order valence-corrected chi connectivity index (χ4v) is 2.42. The molecular formula is C2H2F2O6S2. The third-order valence-corrected chi connectivity index (χ3v) is 3.09. The van der Waals surface area contributed by atoms with Crippen molar-refractivity contribution in [1.29, 1.82) is 0 Å². The Labute approximate surface area is 66.3 Å². The molecule has 1 saturated heterocycles. The lowest BCUT2D eigenvalue weighted by Crippen LogP contribution is -2.39. The van der Waals surface area contributed by atoms with Crippen molar-refractivity contribution in [3.8, 4) is 0 Å². The van der Waals surface area contributed by atoms with Crippen LogP contribution in [0.4, 0.5) is 8.78 Å². The van der Waals surface area contributed by atoms with Gasteiger partial charge in [0.1, 0.15) is 0 Å². The molecule has 0 spiro atoms. The molecule has 1 rings (SSSR count). The minimum atomic E-state index is -4.92. The number of hydrogen-bond acceptors (Lipinski definition) is 6. The number of alkyl halides is 2. The maximum Gasteiger partial charge on any atom is 0.340 e. The van der Waals surface area contributed by atoms with E-state index in [1.54, 1.807) is 0 Å². The molecule has 1 heterocycles. The standard InChI is InChI=1S/C2H2F2O6S2/c3-1-9-12(7,8)2(4)10-11(1,5)6/h1-2H. The lowest BCUT2D eigenvalue weighted by Gasteiger charge is -2.18. The van der Waals surface area contributed by atoms with Gasteiger partial charge in [0.2, 0.25) is 0 Å². The first-order valence-corrected chi connectivity index (χ1v) is 5.32. The summed E-state index contributed by atoms with van der Waals surface area (Å²) < 4.78 is 71.7. The summed E-state index contributed by atoms with van der Waals surface area (Å²) in [5.74, 6) is 0. The zero-order valence-electron chi connectivity index (χ0n) is 5.18. The van der Waals surface area contributed by atoms with Crippen molar-refractivity contribution in [2.75, 3.05) is 0 Å². The van der Waals surface area contributed by atoms with E-state index >= 15 is 0 Å². The lowest BCUT2D eigenvalue weighted by atomic mass is 11.6. The van der Waals surface area contributed by atoms with Gasteiger partial charge in [-0.1, -0.05) is 0 Å². The number of hydrogen-bond donors (Lipinski definition) is 0. The van der Waals surface area contributed by atoms with Gasteiger partial charge in [-0.15, -0.1) is 0 Å². The average molecular weight is 224 g/mol. The van der Waals surface area contributed by atoms with E-state index in [0.29, 0.717) is 0 Å². The second-order valence-corrected chi connectivity index (χ2v) is 4.82. The highest BCUT2D eigenvalue weighted by atomic mass is 32.2. The molecular weight excluding hydrogens is 222 g/mol.